The van der Waals surface area contributed by atoms with Crippen LogP contribution in [0.15, 0.2) is 35.4 Å². The van der Waals surface area contributed by atoms with E-state index in [1.54, 1.807) is 35.0 Å². The maximum Gasteiger partial charge on any atom is 0.328 e. The van der Waals surface area contributed by atoms with Crippen molar-refractivity contribution in [3.05, 3.63) is 40.9 Å². The maximum atomic E-state index is 12.6. The number of para-hydroxylation sites is 1. The van der Waals surface area contributed by atoms with Gasteiger partial charge in [0.25, 0.3) is 11.1 Å². The summed E-state index contributed by atoms with van der Waals surface area (Å²) in [5.74, 6) is -2.26. The van der Waals surface area contributed by atoms with E-state index in [4.69, 9.17) is 5.11 Å². The first kappa shape index (κ1) is 18.7. The first-order chi connectivity index (χ1) is 12.8. The number of carbonyl (C=O) groups is 4. The van der Waals surface area contributed by atoms with Gasteiger partial charge < -0.3 is 14.4 Å². The number of rotatable bonds is 5. The average molecular weight is 388 g/mol. The molecule has 0 spiro atoms. The lowest BCUT2D eigenvalue weighted by Gasteiger charge is -2.18. The Labute approximate surface area is 158 Å². The normalized spacial score (nSPS) is 17.0. The third-order valence-electron chi connectivity index (χ3n) is 4.16. The van der Waals surface area contributed by atoms with E-state index < -0.39 is 29.1 Å². The predicted octanol–water partition coefficient (Wildman–Crippen LogP) is 2.32. The molecule has 27 heavy (non-hydrogen) atoms. The van der Waals surface area contributed by atoms with Crippen LogP contribution in [0, 0.1) is 0 Å². The number of hydrogen-bond donors (Lipinski definition) is 1. The number of fused-ring (bicyclic) bond motifs is 1. The highest BCUT2D eigenvalue weighted by Gasteiger charge is 2.41. The van der Waals surface area contributed by atoms with E-state index in [1.165, 1.54) is 20.1 Å². The highest BCUT2D eigenvalue weighted by Crippen LogP contribution is 2.35. The molecule has 1 atom stereocenters. The van der Waals surface area contributed by atoms with E-state index in [1.807, 2.05) is 0 Å². The van der Waals surface area contributed by atoms with E-state index in [0.29, 0.717) is 11.1 Å². The SMILES string of the molecule is COC(=O)C(C)N1C(=O)S/C(=C/c2cn(CC(=O)O)c3ccccc23)C1=O. The van der Waals surface area contributed by atoms with Crippen molar-refractivity contribution in [2.45, 2.75) is 19.5 Å². The number of carboxylic acids is 1. The molecule has 1 aromatic carbocycles. The highest BCUT2D eigenvalue weighted by molar-refractivity contribution is 8.18. The minimum absolute atomic E-state index is 0.161. The van der Waals surface area contributed by atoms with Crippen LogP contribution in [0.4, 0.5) is 4.79 Å². The number of aromatic nitrogens is 1. The first-order valence-corrected chi connectivity index (χ1v) is 8.79. The predicted molar refractivity (Wildman–Crippen MR) is 98.9 cm³/mol. The summed E-state index contributed by atoms with van der Waals surface area (Å²) in [6.07, 6.45) is 3.16. The second kappa shape index (κ2) is 7.28. The van der Waals surface area contributed by atoms with Crippen molar-refractivity contribution < 1.29 is 29.0 Å². The topological polar surface area (TPSA) is 106 Å². The second-order valence-corrected chi connectivity index (χ2v) is 6.87. The molecule has 1 unspecified atom stereocenters. The zero-order valence-electron chi connectivity index (χ0n) is 14.5. The van der Waals surface area contributed by atoms with Crippen molar-refractivity contribution >= 4 is 51.8 Å². The van der Waals surface area contributed by atoms with Gasteiger partial charge in [-0.05, 0) is 30.8 Å². The lowest BCUT2D eigenvalue weighted by molar-refractivity contribution is -0.148. The van der Waals surface area contributed by atoms with Crippen LogP contribution in [0.3, 0.4) is 0 Å². The molecule has 1 aliphatic heterocycles. The number of thioether (sulfide) groups is 1. The summed E-state index contributed by atoms with van der Waals surface area (Å²) in [4.78, 5) is 48.6. The van der Waals surface area contributed by atoms with Gasteiger partial charge in [-0.15, -0.1) is 0 Å². The summed E-state index contributed by atoms with van der Waals surface area (Å²) in [6, 6.07) is 6.15. The summed E-state index contributed by atoms with van der Waals surface area (Å²) in [5, 5.41) is 9.28. The molecule has 0 bridgehead atoms. The molecule has 0 aliphatic carbocycles. The maximum absolute atomic E-state index is 12.6. The van der Waals surface area contributed by atoms with E-state index in [-0.39, 0.29) is 11.4 Å². The minimum Gasteiger partial charge on any atom is -0.480 e. The monoisotopic (exact) mass is 388 g/mol. The van der Waals surface area contributed by atoms with Crippen molar-refractivity contribution in [3.63, 3.8) is 0 Å². The molecule has 1 fully saturated rings. The lowest BCUT2D eigenvalue weighted by Crippen LogP contribution is -2.42. The zero-order chi connectivity index (χ0) is 19.7. The molecular weight excluding hydrogens is 372 g/mol. The Morgan fingerprint density at radius 3 is 2.67 bits per heavy atom. The summed E-state index contributed by atoms with van der Waals surface area (Å²) in [5.41, 5.74) is 1.32. The summed E-state index contributed by atoms with van der Waals surface area (Å²) >= 11 is 0.730. The third kappa shape index (κ3) is 3.45. The summed E-state index contributed by atoms with van der Waals surface area (Å²) in [7, 11) is 1.19. The molecule has 1 aliphatic rings. The summed E-state index contributed by atoms with van der Waals surface area (Å²) in [6.45, 7) is 1.19. The number of aliphatic carboxylic acids is 1. The van der Waals surface area contributed by atoms with Gasteiger partial charge in [0.15, 0.2) is 0 Å². The number of esters is 1. The Morgan fingerprint density at radius 2 is 2.00 bits per heavy atom. The highest BCUT2D eigenvalue weighted by atomic mass is 32.2. The molecule has 140 valence electrons. The van der Waals surface area contributed by atoms with Crippen LogP contribution >= 0.6 is 11.8 Å². The van der Waals surface area contributed by atoms with Gasteiger partial charge in [0.2, 0.25) is 0 Å². The fraction of sp³-hybridized carbons (Fsp3) is 0.222. The number of carboxylic acid groups (broad SMARTS) is 1. The molecule has 8 nitrogen and oxygen atoms in total. The molecule has 0 radical (unpaired) electrons. The molecule has 2 heterocycles. The van der Waals surface area contributed by atoms with E-state index in [9.17, 15) is 19.2 Å². The van der Waals surface area contributed by atoms with Gasteiger partial charge >= 0.3 is 11.9 Å². The second-order valence-electron chi connectivity index (χ2n) is 5.87. The Bertz CT molecular complexity index is 993. The molecule has 1 N–H and O–H groups in total. The van der Waals surface area contributed by atoms with E-state index in [0.717, 1.165) is 22.0 Å². The number of methoxy groups -OCH3 is 1. The summed E-state index contributed by atoms with van der Waals surface area (Å²) < 4.78 is 6.16. The van der Waals surface area contributed by atoms with Crippen LogP contribution < -0.4 is 0 Å². The van der Waals surface area contributed by atoms with Gasteiger partial charge in [0, 0.05) is 22.7 Å². The molecule has 9 heteroatoms. The molecular formula is C18H16N2O6S. The number of hydrogen-bond acceptors (Lipinski definition) is 6. The third-order valence-corrected chi connectivity index (χ3v) is 5.05. The van der Waals surface area contributed by atoms with Crippen LogP contribution in [0.5, 0.6) is 0 Å². The van der Waals surface area contributed by atoms with Crippen molar-refractivity contribution in [3.8, 4) is 0 Å². The van der Waals surface area contributed by atoms with Crippen LogP contribution in [-0.4, -0.2) is 50.8 Å². The van der Waals surface area contributed by atoms with Gasteiger partial charge in [0.05, 0.1) is 12.0 Å². The van der Waals surface area contributed by atoms with Gasteiger partial charge in [-0.2, -0.15) is 0 Å². The van der Waals surface area contributed by atoms with Gasteiger partial charge in [-0.3, -0.25) is 19.3 Å². The van der Waals surface area contributed by atoms with Gasteiger partial charge in [-0.25, -0.2) is 4.79 Å². The van der Waals surface area contributed by atoms with Crippen LogP contribution in [-0.2, 0) is 25.7 Å². The fourth-order valence-electron chi connectivity index (χ4n) is 2.90. The number of ether oxygens (including phenoxy) is 1. The zero-order valence-corrected chi connectivity index (χ0v) is 15.4. The molecule has 1 aromatic heterocycles. The molecule has 1 saturated heterocycles. The quantitative estimate of drug-likeness (QED) is 0.619. The van der Waals surface area contributed by atoms with Crippen LogP contribution in [0.1, 0.15) is 12.5 Å². The number of amides is 2. The van der Waals surface area contributed by atoms with Gasteiger partial charge in [0.1, 0.15) is 12.6 Å². The standard InChI is InChI=1S/C18H16N2O6S/c1-10(17(24)26-2)20-16(23)14(27-18(20)25)7-11-8-19(9-15(21)22)13-6-4-3-5-12(11)13/h3-8,10H,9H2,1-2H3,(H,21,22)/b14-7+. The van der Waals surface area contributed by atoms with Crippen LogP contribution in [0.2, 0.25) is 0 Å². The average Bonchev–Trinajstić information content (AvgIpc) is 3.11. The van der Waals surface area contributed by atoms with Crippen molar-refractivity contribution in [1.29, 1.82) is 0 Å². The first-order valence-electron chi connectivity index (χ1n) is 7.98. The minimum atomic E-state index is -1.03. The van der Waals surface area contributed by atoms with E-state index >= 15 is 0 Å². The Kier molecular flexibility index (Phi) is 5.04. The van der Waals surface area contributed by atoms with E-state index in [2.05, 4.69) is 4.74 Å². The Balaban J connectivity index is 2.00. The van der Waals surface area contributed by atoms with Crippen molar-refractivity contribution in [2.24, 2.45) is 0 Å². The van der Waals surface area contributed by atoms with Crippen LogP contribution in [0.25, 0.3) is 17.0 Å². The molecule has 0 saturated carbocycles. The number of carbonyl (C=O) groups excluding carboxylic acids is 3. The largest absolute Gasteiger partial charge is 0.480 e. The molecule has 2 amide bonds. The fourth-order valence-corrected chi connectivity index (χ4v) is 3.80. The van der Waals surface area contributed by atoms with Crippen molar-refractivity contribution in [1.82, 2.24) is 9.47 Å². The number of nitrogens with zero attached hydrogens (tertiary/aromatic N) is 2. The molecule has 2 aromatic rings. The van der Waals surface area contributed by atoms with Gasteiger partial charge in [-0.1, -0.05) is 18.2 Å². The molecule has 3 rings (SSSR count). The number of imide groups is 1. The number of benzene rings is 1. The van der Waals surface area contributed by atoms with Crippen molar-refractivity contribution in [2.75, 3.05) is 7.11 Å². The smallest absolute Gasteiger partial charge is 0.328 e. The lowest BCUT2D eigenvalue weighted by atomic mass is 10.1. The Hall–Kier alpha value is -3.07. The Morgan fingerprint density at radius 1 is 1.30 bits per heavy atom.